The number of fused-ring (bicyclic) bond motifs is 3. The second-order valence-electron chi connectivity index (χ2n) is 10.1. The minimum Gasteiger partial charge on any atom is -0.459 e. The predicted octanol–water partition coefficient (Wildman–Crippen LogP) is 4.87. The molecule has 1 aliphatic heterocycles. The topological polar surface area (TPSA) is 112 Å². The van der Waals surface area contributed by atoms with Crippen LogP contribution in [0.25, 0.3) is 11.1 Å². The van der Waals surface area contributed by atoms with E-state index in [0.717, 1.165) is 12.0 Å². The Morgan fingerprint density at radius 2 is 1.73 bits per heavy atom. The number of rotatable bonds is 13. The maximum Gasteiger partial charge on any atom is 0.290 e. The van der Waals surface area contributed by atoms with Crippen LogP contribution in [0.1, 0.15) is 36.0 Å². The third-order valence-corrected chi connectivity index (χ3v) is 7.60. The molecule has 2 aliphatic rings. The molecule has 216 valence electrons. The molecule has 5 rings (SSSR count). The first-order chi connectivity index (χ1) is 20.1. The van der Waals surface area contributed by atoms with Gasteiger partial charge in [-0.05, 0) is 65.8 Å². The minimum atomic E-state index is -0.641. The zero-order valence-corrected chi connectivity index (χ0v) is 23.4. The summed E-state index contributed by atoms with van der Waals surface area (Å²) in [5.74, 6) is -0.405. The van der Waals surface area contributed by atoms with Gasteiger partial charge in [0.1, 0.15) is 0 Å². The third kappa shape index (κ3) is 6.63. The number of benzene rings is 3. The van der Waals surface area contributed by atoms with E-state index in [4.69, 9.17) is 29.8 Å². The molecule has 3 atom stereocenters. The SMILES string of the molecule is CCO[C@@H]1OC(C(=O)Nc2ccccc2N)=C[C@H](c2cccc3c2Cc2ccccc2-3)[C@H]1CCOCCOCCO. The number of amides is 1. The van der Waals surface area contributed by atoms with Crippen molar-refractivity contribution in [2.24, 2.45) is 5.92 Å². The molecule has 8 nitrogen and oxygen atoms in total. The van der Waals surface area contributed by atoms with E-state index in [1.807, 2.05) is 25.1 Å². The molecule has 0 fully saturated rings. The van der Waals surface area contributed by atoms with Crippen LogP contribution in [0.3, 0.4) is 0 Å². The fourth-order valence-corrected chi connectivity index (χ4v) is 5.69. The number of ether oxygens (including phenoxy) is 4. The van der Waals surface area contributed by atoms with E-state index in [0.29, 0.717) is 50.8 Å². The zero-order valence-electron chi connectivity index (χ0n) is 23.4. The first kappa shape index (κ1) is 28.8. The third-order valence-electron chi connectivity index (χ3n) is 7.60. The van der Waals surface area contributed by atoms with E-state index in [1.165, 1.54) is 22.3 Å². The highest BCUT2D eigenvalue weighted by Gasteiger charge is 2.39. The lowest BCUT2D eigenvalue weighted by Crippen LogP contribution is -2.38. The number of allylic oxidation sites excluding steroid dienone is 1. The van der Waals surface area contributed by atoms with Crippen molar-refractivity contribution in [3.63, 3.8) is 0 Å². The average molecular weight is 559 g/mol. The number of nitrogen functional groups attached to an aromatic ring is 1. The van der Waals surface area contributed by atoms with Crippen molar-refractivity contribution >= 4 is 17.3 Å². The van der Waals surface area contributed by atoms with Crippen LogP contribution in [0, 0.1) is 5.92 Å². The number of hydrogen-bond donors (Lipinski definition) is 3. The Kier molecular flexibility index (Phi) is 9.69. The highest BCUT2D eigenvalue weighted by atomic mass is 16.7. The number of nitrogens with one attached hydrogen (secondary N) is 1. The molecule has 0 saturated heterocycles. The van der Waals surface area contributed by atoms with E-state index >= 15 is 0 Å². The zero-order chi connectivity index (χ0) is 28.6. The summed E-state index contributed by atoms with van der Waals surface area (Å²) < 4.78 is 23.5. The van der Waals surface area contributed by atoms with Gasteiger partial charge in [0.25, 0.3) is 5.91 Å². The number of nitrogens with two attached hydrogens (primary N) is 1. The van der Waals surface area contributed by atoms with Crippen LogP contribution in [-0.4, -0.2) is 56.9 Å². The molecular formula is C33H38N2O6. The molecule has 0 spiro atoms. The summed E-state index contributed by atoms with van der Waals surface area (Å²) in [6.07, 6.45) is 2.78. The van der Waals surface area contributed by atoms with Gasteiger partial charge < -0.3 is 35.1 Å². The number of anilines is 2. The van der Waals surface area contributed by atoms with Crippen LogP contribution in [0.5, 0.6) is 0 Å². The largest absolute Gasteiger partial charge is 0.459 e. The highest BCUT2D eigenvalue weighted by molar-refractivity contribution is 6.04. The Morgan fingerprint density at radius 1 is 0.976 bits per heavy atom. The van der Waals surface area contributed by atoms with Gasteiger partial charge in [0.05, 0.1) is 37.8 Å². The Hall–Kier alpha value is -3.69. The molecule has 8 heteroatoms. The fraction of sp³-hybridized carbons (Fsp3) is 0.364. The fourth-order valence-electron chi connectivity index (χ4n) is 5.69. The van der Waals surface area contributed by atoms with E-state index < -0.39 is 6.29 Å². The maximum absolute atomic E-state index is 13.5. The number of carbonyl (C=O) groups excluding carboxylic acids is 1. The Balaban J connectivity index is 1.46. The van der Waals surface area contributed by atoms with Crippen molar-refractivity contribution in [1.82, 2.24) is 0 Å². The summed E-state index contributed by atoms with van der Waals surface area (Å²) in [6.45, 7) is 3.95. The van der Waals surface area contributed by atoms with Crippen molar-refractivity contribution in [3.05, 3.63) is 95.3 Å². The van der Waals surface area contributed by atoms with E-state index in [1.54, 1.807) is 12.1 Å². The normalized spacial score (nSPS) is 19.2. The molecule has 0 bridgehead atoms. The number of aliphatic hydroxyl groups is 1. The molecule has 41 heavy (non-hydrogen) atoms. The number of carbonyl (C=O) groups is 1. The lowest BCUT2D eigenvalue weighted by Gasteiger charge is -2.37. The van der Waals surface area contributed by atoms with Gasteiger partial charge in [-0.1, -0.05) is 54.6 Å². The van der Waals surface area contributed by atoms with E-state index in [9.17, 15) is 4.79 Å². The van der Waals surface area contributed by atoms with Gasteiger partial charge >= 0.3 is 0 Å². The molecule has 0 unspecified atom stereocenters. The summed E-state index contributed by atoms with van der Waals surface area (Å²) in [5.41, 5.74) is 13.3. The summed E-state index contributed by atoms with van der Waals surface area (Å²) in [4.78, 5) is 13.5. The van der Waals surface area contributed by atoms with E-state index in [-0.39, 0.29) is 30.1 Å². The summed E-state index contributed by atoms with van der Waals surface area (Å²) in [7, 11) is 0. The maximum atomic E-state index is 13.5. The van der Waals surface area contributed by atoms with Gasteiger partial charge in [-0.15, -0.1) is 0 Å². The molecular weight excluding hydrogens is 520 g/mol. The van der Waals surface area contributed by atoms with Crippen LogP contribution in [-0.2, 0) is 30.2 Å². The van der Waals surface area contributed by atoms with Gasteiger partial charge in [-0.25, -0.2) is 0 Å². The minimum absolute atomic E-state index is 0.0124. The van der Waals surface area contributed by atoms with Crippen molar-refractivity contribution in [3.8, 4) is 11.1 Å². The first-order valence-electron chi connectivity index (χ1n) is 14.2. The van der Waals surface area contributed by atoms with Gasteiger partial charge in [0, 0.05) is 25.0 Å². The molecule has 0 aromatic heterocycles. The highest BCUT2D eigenvalue weighted by Crippen LogP contribution is 2.45. The van der Waals surface area contributed by atoms with Crippen molar-refractivity contribution in [1.29, 1.82) is 0 Å². The van der Waals surface area contributed by atoms with Crippen LogP contribution in [0.15, 0.2) is 78.6 Å². The molecule has 0 saturated carbocycles. The van der Waals surface area contributed by atoms with Crippen molar-refractivity contribution in [2.45, 2.75) is 32.0 Å². The molecule has 3 aromatic rings. The Morgan fingerprint density at radius 3 is 2.54 bits per heavy atom. The standard InChI is InChI=1S/C33H38N2O6/c1-2-40-33-26(14-16-38-18-19-39-17-15-36)28(21-31(41-33)32(37)35-30-13-6-5-12-29(30)34)25-11-7-10-24-23-9-4-3-8-22(23)20-27(24)25/h3-13,21,26,28,33,36H,2,14-20,34H2,1H3,(H,35,37)/t26-,28-,33-/m1/s1. The number of hydrogen-bond acceptors (Lipinski definition) is 7. The number of aliphatic hydroxyl groups excluding tert-OH is 1. The van der Waals surface area contributed by atoms with Crippen LogP contribution < -0.4 is 11.1 Å². The van der Waals surface area contributed by atoms with Crippen molar-refractivity contribution in [2.75, 3.05) is 50.7 Å². The van der Waals surface area contributed by atoms with Crippen LogP contribution in [0.2, 0.25) is 0 Å². The molecule has 4 N–H and O–H groups in total. The van der Waals surface area contributed by atoms with Gasteiger partial charge in [-0.3, -0.25) is 4.79 Å². The first-order valence-corrected chi connectivity index (χ1v) is 14.2. The molecule has 0 radical (unpaired) electrons. The molecule has 1 amide bonds. The summed E-state index contributed by atoms with van der Waals surface area (Å²) in [5, 5.41) is 11.8. The van der Waals surface area contributed by atoms with Gasteiger partial charge in [0.2, 0.25) is 6.29 Å². The summed E-state index contributed by atoms with van der Waals surface area (Å²) >= 11 is 0. The second kappa shape index (κ2) is 13.8. The molecule has 1 aliphatic carbocycles. The lowest BCUT2D eigenvalue weighted by molar-refractivity contribution is -0.166. The number of para-hydroxylation sites is 2. The Bertz CT molecular complexity index is 1370. The predicted molar refractivity (Wildman–Crippen MR) is 158 cm³/mol. The molecule has 3 aromatic carbocycles. The van der Waals surface area contributed by atoms with Gasteiger partial charge in [0.15, 0.2) is 5.76 Å². The van der Waals surface area contributed by atoms with Crippen molar-refractivity contribution < 1.29 is 28.8 Å². The van der Waals surface area contributed by atoms with Crippen LogP contribution >= 0.6 is 0 Å². The quantitative estimate of drug-likeness (QED) is 0.159. The average Bonchev–Trinajstić information content (AvgIpc) is 3.37. The smallest absolute Gasteiger partial charge is 0.290 e. The summed E-state index contributed by atoms with van der Waals surface area (Å²) in [6, 6.07) is 22.1. The molecule has 1 heterocycles. The lowest BCUT2D eigenvalue weighted by atomic mass is 9.78. The van der Waals surface area contributed by atoms with E-state index in [2.05, 4.69) is 47.8 Å². The Labute approximate surface area is 241 Å². The van der Waals surface area contributed by atoms with Gasteiger partial charge in [-0.2, -0.15) is 0 Å². The second-order valence-corrected chi connectivity index (χ2v) is 10.1. The van der Waals surface area contributed by atoms with Crippen LogP contribution in [0.4, 0.5) is 11.4 Å². The monoisotopic (exact) mass is 558 g/mol.